The number of halogens is 1. The molecule has 0 N–H and O–H groups in total. The number of cyclic esters (lactones) is 1. The molecule has 0 bridgehead atoms. The third-order valence-electron chi connectivity index (χ3n) is 4.13. The molecule has 0 fully saturated rings. The summed E-state index contributed by atoms with van der Waals surface area (Å²) in [4.78, 5) is 16.5. The maximum absolute atomic E-state index is 12.2. The third kappa shape index (κ3) is 3.44. The maximum atomic E-state index is 12.2. The van der Waals surface area contributed by atoms with Crippen molar-refractivity contribution in [3.63, 3.8) is 0 Å². The lowest BCUT2D eigenvalue weighted by Gasteiger charge is -2.10. The van der Waals surface area contributed by atoms with Gasteiger partial charge < -0.3 is 14.2 Å². The van der Waals surface area contributed by atoms with E-state index in [4.69, 9.17) is 25.8 Å². The first-order chi connectivity index (χ1) is 12.4. The van der Waals surface area contributed by atoms with Crippen molar-refractivity contribution in [3.8, 4) is 11.5 Å². The second-order valence-electron chi connectivity index (χ2n) is 5.87. The van der Waals surface area contributed by atoms with E-state index in [1.54, 1.807) is 18.2 Å². The first kappa shape index (κ1) is 18.0. The van der Waals surface area contributed by atoms with Crippen LogP contribution in [0.3, 0.4) is 0 Å². The summed E-state index contributed by atoms with van der Waals surface area (Å²) >= 11 is 6.21. The van der Waals surface area contributed by atoms with Crippen LogP contribution in [0.2, 0.25) is 5.02 Å². The fourth-order valence-electron chi connectivity index (χ4n) is 2.59. The summed E-state index contributed by atoms with van der Waals surface area (Å²) in [5, 5.41) is 0.378. The maximum Gasteiger partial charge on any atom is 0.363 e. The minimum atomic E-state index is -0.510. The standard InChI is InChI=1S/C20H18ClNO4/c1-11-5-6-14(7-12(11)2)19-22-16(20(23)26-19)9-13-8-15(21)18(25-4)17(10-13)24-3/h5-10H,1-4H3/b16-9-. The number of ether oxygens (including phenoxy) is 3. The molecule has 2 aromatic rings. The molecule has 134 valence electrons. The van der Waals surface area contributed by atoms with Crippen molar-refractivity contribution in [2.75, 3.05) is 14.2 Å². The van der Waals surface area contributed by atoms with Crippen LogP contribution >= 0.6 is 11.6 Å². The molecule has 0 amide bonds. The normalized spacial score (nSPS) is 15.0. The molecule has 1 aliphatic heterocycles. The molecule has 5 nitrogen and oxygen atoms in total. The average molecular weight is 372 g/mol. The molecule has 1 heterocycles. The van der Waals surface area contributed by atoms with Crippen molar-refractivity contribution in [3.05, 3.63) is 63.3 Å². The van der Waals surface area contributed by atoms with Crippen LogP contribution in [-0.4, -0.2) is 26.1 Å². The van der Waals surface area contributed by atoms with Gasteiger partial charge in [0.25, 0.3) is 0 Å². The average Bonchev–Trinajstić information content (AvgIpc) is 2.97. The lowest BCUT2D eigenvalue weighted by molar-refractivity contribution is -0.129. The van der Waals surface area contributed by atoms with Crippen LogP contribution in [0.25, 0.3) is 6.08 Å². The van der Waals surface area contributed by atoms with Gasteiger partial charge in [-0.15, -0.1) is 0 Å². The Morgan fingerprint density at radius 1 is 1.08 bits per heavy atom. The van der Waals surface area contributed by atoms with Crippen molar-refractivity contribution in [1.29, 1.82) is 0 Å². The van der Waals surface area contributed by atoms with Gasteiger partial charge in [0.1, 0.15) is 0 Å². The van der Waals surface area contributed by atoms with E-state index in [9.17, 15) is 4.79 Å². The molecule has 0 spiro atoms. The van der Waals surface area contributed by atoms with Gasteiger partial charge in [-0.05, 0) is 60.9 Å². The Hall–Kier alpha value is -2.79. The van der Waals surface area contributed by atoms with Crippen molar-refractivity contribution < 1.29 is 19.0 Å². The van der Waals surface area contributed by atoms with Crippen LogP contribution in [0.15, 0.2) is 41.0 Å². The minimum Gasteiger partial charge on any atom is -0.493 e. The number of nitrogens with zero attached hydrogens (tertiary/aromatic N) is 1. The van der Waals surface area contributed by atoms with E-state index >= 15 is 0 Å². The van der Waals surface area contributed by atoms with Crippen LogP contribution in [0.5, 0.6) is 11.5 Å². The quantitative estimate of drug-likeness (QED) is 0.593. The smallest absolute Gasteiger partial charge is 0.363 e. The fraction of sp³-hybridized carbons (Fsp3) is 0.200. The summed E-state index contributed by atoms with van der Waals surface area (Å²) in [6.45, 7) is 4.02. The van der Waals surface area contributed by atoms with Gasteiger partial charge in [-0.25, -0.2) is 9.79 Å². The Balaban J connectivity index is 1.98. The third-order valence-corrected chi connectivity index (χ3v) is 4.41. The van der Waals surface area contributed by atoms with Gasteiger partial charge >= 0.3 is 5.97 Å². The molecule has 0 aliphatic carbocycles. The van der Waals surface area contributed by atoms with E-state index in [0.717, 1.165) is 16.7 Å². The summed E-state index contributed by atoms with van der Waals surface area (Å²) in [7, 11) is 3.03. The van der Waals surface area contributed by atoms with E-state index in [0.29, 0.717) is 22.1 Å². The van der Waals surface area contributed by atoms with Crippen LogP contribution in [-0.2, 0) is 9.53 Å². The molecule has 0 saturated carbocycles. The highest BCUT2D eigenvalue weighted by molar-refractivity contribution is 6.32. The zero-order valence-corrected chi connectivity index (χ0v) is 15.7. The summed E-state index contributed by atoms with van der Waals surface area (Å²) in [5.41, 5.74) is 3.88. The molecular weight excluding hydrogens is 354 g/mol. The molecule has 0 radical (unpaired) electrons. The van der Waals surface area contributed by atoms with Crippen LogP contribution < -0.4 is 9.47 Å². The van der Waals surface area contributed by atoms with E-state index < -0.39 is 5.97 Å². The molecule has 0 atom stereocenters. The molecule has 0 saturated heterocycles. The minimum absolute atomic E-state index is 0.196. The molecular formula is C20H18ClNO4. The number of benzene rings is 2. The van der Waals surface area contributed by atoms with E-state index in [-0.39, 0.29) is 11.6 Å². The number of esters is 1. The first-order valence-electron chi connectivity index (χ1n) is 7.94. The van der Waals surface area contributed by atoms with Gasteiger partial charge in [-0.1, -0.05) is 17.7 Å². The summed E-state index contributed by atoms with van der Waals surface area (Å²) < 4.78 is 15.8. The second kappa shape index (κ2) is 7.22. The van der Waals surface area contributed by atoms with Gasteiger partial charge in [-0.3, -0.25) is 0 Å². The lowest BCUT2D eigenvalue weighted by Crippen LogP contribution is -2.05. The number of hydrogen-bond acceptors (Lipinski definition) is 5. The van der Waals surface area contributed by atoms with Crippen molar-refractivity contribution in [1.82, 2.24) is 0 Å². The van der Waals surface area contributed by atoms with Crippen LogP contribution in [0, 0.1) is 13.8 Å². The number of hydrogen-bond donors (Lipinski definition) is 0. The SMILES string of the molecule is COc1cc(/C=C2\N=C(c3ccc(C)c(C)c3)OC2=O)cc(Cl)c1OC. The van der Waals surface area contributed by atoms with Gasteiger partial charge in [0.2, 0.25) is 5.90 Å². The summed E-state index contributed by atoms with van der Waals surface area (Å²) in [6, 6.07) is 9.18. The van der Waals surface area contributed by atoms with Gasteiger partial charge in [-0.2, -0.15) is 0 Å². The Morgan fingerprint density at radius 3 is 2.50 bits per heavy atom. The number of rotatable bonds is 4. The van der Waals surface area contributed by atoms with Gasteiger partial charge in [0, 0.05) is 5.56 Å². The molecule has 0 unspecified atom stereocenters. The Morgan fingerprint density at radius 2 is 1.85 bits per heavy atom. The Kier molecular flexibility index (Phi) is 5.00. The number of carbonyl (C=O) groups is 1. The zero-order valence-electron chi connectivity index (χ0n) is 14.9. The molecule has 6 heteroatoms. The Labute approximate surface area is 156 Å². The second-order valence-corrected chi connectivity index (χ2v) is 6.28. The van der Waals surface area contributed by atoms with Gasteiger partial charge in [0.15, 0.2) is 17.2 Å². The van der Waals surface area contributed by atoms with Crippen molar-refractivity contribution >= 4 is 29.5 Å². The largest absolute Gasteiger partial charge is 0.493 e. The van der Waals surface area contributed by atoms with E-state index in [1.807, 2.05) is 32.0 Å². The topological polar surface area (TPSA) is 57.1 Å². The molecule has 3 rings (SSSR count). The highest BCUT2D eigenvalue weighted by Gasteiger charge is 2.24. The molecule has 26 heavy (non-hydrogen) atoms. The lowest BCUT2D eigenvalue weighted by atomic mass is 10.1. The summed E-state index contributed by atoms with van der Waals surface area (Å²) in [6.07, 6.45) is 1.60. The number of aliphatic imine (C=N–C) groups is 1. The van der Waals surface area contributed by atoms with Crippen molar-refractivity contribution in [2.24, 2.45) is 4.99 Å². The van der Waals surface area contributed by atoms with Gasteiger partial charge in [0.05, 0.1) is 19.2 Å². The first-order valence-corrected chi connectivity index (χ1v) is 8.32. The number of methoxy groups -OCH3 is 2. The number of aryl methyl sites for hydroxylation is 2. The Bertz CT molecular complexity index is 947. The predicted molar refractivity (Wildman–Crippen MR) is 101 cm³/mol. The molecule has 2 aromatic carbocycles. The zero-order chi connectivity index (χ0) is 18.8. The molecule has 0 aromatic heterocycles. The summed E-state index contributed by atoms with van der Waals surface area (Å²) in [5.74, 6) is 0.682. The number of carbonyl (C=O) groups excluding carboxylic acids is 1. The van der Waals surface area contributed by atoms with E-state index in [1.165, 1.54) is 14.2 Å². The van der Waals surface area contributed by atoms with Crippen LogP contribution in [0.4, 0.5) is 0 Å². The highest BCUT2D eigenvalue weighted by Crippen LogP contribution is 2.37. The fourth-order valence-corrected chi connectivity index (χ4v) is 2.88. The highest BCUT2D eigenvalue weighted by atomic mass is 35.5. The van der Waals surface area contributed by atoms with Crippen molar-refractivity contribution in [2.45, 2.75) is 13.8 Å². The predicted octanol–water partition coefficient (Wildman–Crippen LogP) is 4.32. The van der Waals surface area contributed by atoms with E-state index in [2.05, 4.69) is 4.99 Å². The van der Waals surface area contributed by atoms with Crippen LogP contribution in [0.1, 0.15) is 22.3 Å². The molecule has 1 aliphatic rings. The monoisotopic (exact) mass is 371 g/mol.